The summed E-state index contributed by atoms with van der Waals surface area (Å²) in [6, 6.07) is 18.2. The lowest BCUT2D eigenvalue weighted by Gasteiger charge is -2.25. The summed E-state index contributed by atoms with van der Waals surface area (Å²) in [5.41, 5.74) is 2.77. The first-order valence-corrected chi connectivity index (χ1v) is 9.35. The van der Waals surface area contributed by atoms with Crippen LogP contribution in [0.25, 0.3) is 0 Å². The van der Waals surface area contributed by atoms with Crippen molar-refractivity contribution in [2.75, 3.05) is 18.4 Å². The van der Waals surface area contributed by atoms with Crippen LogP contribution in [0.2, 0.25) is 0 Å². The van der Waals surface area contributed by atoms with E-state index in [-0.39, 0.29) is 29.9 Å². The van der Waals surface area contributed by atoms with Gasteiger partial charge in [-0.15, -0.1) is 24.0 Å². The molecule has 0 saturated carbocycles. The number of carbonyl (C=O) groups is 1. The molecule has 0 aromatic heterocycles. The third-order valence-electron chi connectivity index (χ3n) is 4.23. The molecule has 28 heavy (non-hydrogen) atoms. The smallest absolute Gasteiger partial charge is 0.227 e. The molecule has 0 spiro atoms. The Morgan fingerprint density at radius 1 is 1.00 bits per heavy atom. The van der Waals surface area contributed by atoms with Crippen molar-refractivity contribution in [3.8, 4) is 0 Å². The molecule has 0 saturated heterocycles. The summed E-state index contributed by atoms with van der Waals surface area (Å²) in [5, 5.41) is 9.50. The quantitative estimate of drug-likeness (QED) is 0.305. The van der Waals surface area contributed by atoms with E-state index in [0.29, 0.717) is 25.6 Å². The molecule has 0 aliphatic heterocycles. The molecule has 0 aliphatic rings. The van der Waals surface area contributed by atoms with Gasteiger partial charge in [0.25, 0.3) is 0 Å². The van der Waals surface area contributed by atoms with Crippen molar-refractivity contribution in [3.05, 3.63) is 65.7 Å². The predicted molar refractivity (Wildman–Crippen MR) is 128 cm³/mol. The van der Waals surface area contributed by atoms with E-state index < -0.39 is 5.41 Å². The van der Waals surface area contributed by atoms with Crippen molar-refractivity contribution in [1.29, 1.82) is 0 Å². The first-order chi connectivity index (χ1) is 12.9. The number of rotatable bonds is 7. The molecule has 0 radical (unpaired) electrons. The van der Waals surface area contributed by atoms with E-state index in [1.165, 1.54) is 5.56 Å². The number of nitrogens with zero attached hydrogens (tertiary/aromatic N) is 1. The SMILES string of the molecule is CCNC(=O)C(C)(C)CNC(=NCc1ccc(C)cc1)Nc1ccccc1.I. The standard InChI is InChI=1S/C22H30N4O.HI/c1-5-23-20(27)22(3,4)16-25-21(26-19-9-7-6-8-10-19)24-15-18-13-11-17(2)12-14-18;/h6-14H,5,15-16H2,1-4H3,(H,23,27)(H2,24,25,26);1H. The Morgan fingerprint density at radius 2 is 1.64 bits per heavy atom. The van der Waals surface area contributed by atoms with Crippen LogP contribution in [0.5, 0.6) is 0 Å². The third-order valence-corrected chi connectivity index (χ3v) is 4.23. The molecule has 0 aliphatic carbocycles. The van der Waals surface area contributed by atoms with Gasteiger partial charge in [0.1, 0.15) is 0 Å². The van der Waals surface area contributed by atoms with E-state index in [1.807, 2.05) is 51.1 Å². The molecule has 0 heterocycles. The lowest BCUT2D eigenvalue weighted by molar-refractivity contribution is -0.128. The van der Waals surface area contributed by atoms with Crippen LogP contribution in [-0.4, -0.2) is 25.0 Å². The highest BCUT2D eigenvalue weighted by molar-refractivity contribution is 14.0. The minimum absolute atomic E-state index is 0. The van der Waals surface area contributed by atoms with Gasteiger partial charge < -0.3 is 16.0 Å². The zero-order chi connectivity index (χ0) is 19.7. The second-order valence-electron chi connectivity index (χ2n) is 7.24. The first kappa shape index (κ1) is 23.9. The monoisotopic (exact) mass is 494 g/mol. The Labute approximate surface area is 185 Å². The number of hydrogen-bond donors (Lipinski definition) is 3. The zero-order valence-corrected chi connectivity index (χ0v) is 19.4. The van der Waals surface area contributed by atoms with Crippen LogP contribution in [0.1, 0.15) is 31.9 Å². The number of benzene rings is 2. The summed E-state index contributed by atoms with van der Waals surface area (Å²) >= 11 is 0. The van der Waals surface area contributed by atoms with Crippen molar-refractivity contribution < 1.29 is 4.79 Å². The third kappa shape index (κ3) is 7.88. The van der Waals surface area contributed by atoms with E-state index in [2.05, 4.69) is 47.1 Å². The summed E-state index contributed by atoms with van der Waals surface area (Å²) < 4.78 is 0. The Bertz CT molecular complexity index is 758. The lowest BCUT2D eigenvalue weighted by Crippen LogP contribution is -2.46. The molecule has 0 atom stereocenters. The van der Waals surface area contributed by atoms with Crippen LogP contribution < -0.4 is 16.0 Å². The molecule has 0 unspecified atom stereocenters. The number of nitrogens with one attached hydrogen (secondary N) is 3. The van der Waals surface area contributed by atoms with E-state index in [9.17, 15) is 4.79 Å². The molecule has 1 amide bonds. The van der Waals surface area contributed by atoms with Gasteiger partial charge in [-0.25, -0.2) is 4.99 Å². The Balaban J connectivity index is 0.00000392. The number of hydrogen-bond acceptors (Lipinski definition) is 2. The van der Waals surface area contributed by atoms with Gasteiger partial charge in [0.15, 0.2) is 5.96 Å². The van der Waals surface area contributed by atoms with Gasteiger partial charge in [0.2, 0.25) is 5.91 Å². The van der Waals surface area contributed by atoms with Crippen molar-refractivity contribution in [2.45, 2.75) is 34.2 Å². The number of anilines is 1. The van der Waals surface area contributed by atoms with E-state index in [1.54, 1.807) is 0 Å². The molecule has 152 valence electrons. The van der Waals surface area contributed by atoms with Crippen LogP contribution in [-0.2, 0) is 11.3 Å². The van der Waals surface area contributed by atoms with Crippen LogP contribution in [0, 0.1) is 12.3 Å². The normalized spacial score (nSPS) is 11.4. The number of aryl methyl sites for hydroxylation is 1. The maximum Gasteiger partial charge on any atom is 0.227 e. The van der Waals surface area contributed by atoms with Crippen LogP contribution in [0.4, 0.5) is 5.69 Å². The van der Waals surface area contributed by atoms with Gasteiger partial charge >= 0.3 is 0 Å². The predicted octanol–water partition coefficient (Wildman–Crippen LogP) is 4.33. The highest BCUT2D eigenvalue weighted by Crippen LogP contribution is 2.14. The maximum atomic E-state index is 12.2. The summed E-state index contributed by atoms with van der Waals surface area (Å²) in [7, 11) is 0. The molecule has 0 fully saturated rings. The van der Waals surface area contributed by atoms with Gasteiger partial charge in [-0.05, 0) is 45.4 Å². The molecular weight excluding hydrogens is 463 g/mol. The molecular formula is C22H31IN4O. The summed E-state index contributed by atoms with van der Waals surface area (Å²) in [4.78, 5) is 16.9. The summed E-state index contributed by atoms with van der Waals surface area (Å²) in [5.74, 6) is 0.675. The Morgan fingerprint density at radius 3 is 2.25 bits per heavy atom. The van der Waals surface area contributed by atoms with E-state index in [0.717, 1.165) is 11.3 Å². The van der Waals surface area contributed by atoms with Gasteiger partial charge in [-0.2, -0.15) is 0 Å². The molecule has 0 bridgehead atoms. The second kappa shape index (κ2) is 11.7. The fourth-order valence-corrected chi connectivity index (χ4v) is 2.45. The zero-order valence-electron chi connectivity index (χ0n) is 17.1. The molecule has 5 nitrogen and oxygen atoms in total. The second-order valence-corrected chi connectivity index (χ2v) is 7.24. The van der Waals surface area contributed by atoms with Crippen molar-refractivity contribution >= 4 is 41.5 Å². The van der Waals surface area contributed by atoms with Gasteiger partial charge in [-0.3, -0.25) is 4.79 Å². The van der Waals surface area contributed by atoms with Crippen LogP contribution in [0.15, 0.2) is 59.6 Å². The van der Waals surface area contributed by atoms with E-state index in [4.69, 9.17) is 4.99 Å². The summed E-state index contributed by atoms with van der Waals surface area (Å²) in [6.45, 7) is 9.50. The first-order valence-electron chi connectivity index (χ1n) is 9.35. The van der Waals surface area contributed by atoms with Gasteiger partial charge in [-0.1, -0.05) is 48.0 Å². The van der Waals surface area contributed by atoms with Crippen LogP contribution >= 0.6 is 24.0 Å². The molecule has 3 N–H and O–H groups in total. The average Bonchev–Trinajstić information content (AvgIpc) is 2.66. The van der Waals surface area contributed by atoms with Gasteiger partial charge in [0, 0.05) is 18.8 Å². The minimum Gasteiger partial charge on any atom is -0.356 e. The Hall–Kier alpha value is -2.09. The number of carbonyl (C=O) groups excluding carboxylic acids is 1. The maximum absolute atomic E-state index is 12.2. The van der Waals surface area contributed by atoms with Crippen LogP contribution in [0.3, 0.4) is 0 Å². The fourth-order valence-electron chi connectivity index (χ4n) is 2.45. The molecule has 2 aromatic rings. The van der Waals surface area contributed by atoms with Gasteiger partial charge in [0.05, 0.1) is 12.0 Å². The average molecular weight is 494 g/mol. The number of para-hydroxylation sites is 1. The largest absolute Gasteiger partial charge is 0.356 e. The highest BCUT2D eigenvalue weighted by Gasteiger charge is 2.27. The number of guanidine groups is 1. The number of halogens is 1. The molecule has 2 aromatic carbocycles. The Kier molecular flexibility index (Phi) is 9.99. The fraction of sp³-hybridized carbons (Fsp3) is 0.364. The topological polar surface area (TPSA) is 65.5 Å². The summed E-state index contributed by atoms with van der Waals surface area (Å²) in [6.07, 6.45) is 0. The minimum atomic E-state index is -0.543. The van der Waals surface area contributed by atoms with Crippen molar-refractivity contribution in [2.24, 2.45) is 10.4 Å². The lowest BCUT2D eigenvalue weighted by atomic mass is 9.92. The molecule has 2 rings (SSSR count). The number of amides is 1. The van der Waals surface area contributed by atoms with E-state index >= 15 is 0 Å². The molecule has 6 heteroatoms. The highest BCUT2D eigenvalue weighted by atomic mass is 127. The van der Waals surface area contributed by atoms with Crippen molar-refractivity contribution in [1.82, 2.24) is 10.6 Å². The van der Waals surface area contributed by atoms with Crippen molar-refractivity contribution in [3.63, 3.8) is 0 Å². The number of aliphatic imine (C=N–C) groups is 1.